The lowest BCUT2D eigenvalue weighted by atomic mass is 9.44. The van der Waals surface area contributed by atoms with Crippen LogP contribution in [0.2, 0.25) is 0 Å². The van der Waals surface area contributed by atoms with Crippen LogP contribution in [0.5, 0.6) is 0 Å². The lowest BCUT2D eigenvalue weighted by Gasteiger charge is -2.66. The molecule has 3 fully saturated rings. The van der Waals surface area contributed by atoms with Crippen molar-refractivity contribution in [3.05, 3.63) is 105 Å². The molecule has 55 heavy (non-hydrogen) atoms. The predicted molar refractivity (Wildman–Crippen MR) is 196 cm³/mol. The van der Waals surface area contributed by atoms with E-state index in [-0.39, 0.29) is 35.3 Å². The third-order valence-corrected chi connectivity index (χ3v) is 13.6. The molecule has 2 aromatic carbocycles. The maximum atomic E-state index is 14.7. The Kier molecular flexibility index (Phi) is 9.94. The number of ketones is 1. The van der Waals surface area contributed by atoms with Crippen LogP contribution in [0.15, 0.2) is 89.3 Å². The van der Waals surface area contributed by atoms with Crippen LogP contribution in [0, 0.1) is 16.7 Å². The number of nitrogens with one attached hydrogen (secondary N) is 1. The molecular formula is C41H45NO12S. The number of aliphatic hydroxyl groups is 5. The molecule has 13 nitrogen and oxygen atoms in total. The smallest absolute Gasteiger partial charge is 0.338 e. The van der Waals surface area contributed by atoms with Crippen LogP contribution in [0.3, 0.4) is 0 Å². The Bertz CT molecular complexity index is 2000. The van der Waals surface area contributed by atoms with Gasteiger partial charge in [0.2, 0.25) is 0 Å². The first-order valence-corrected chi connectivity index (χ1v) is 19.1. The first-order chi connectivity index (χ1) is 26.0. The molecule has 2 bridgehead atoms. The Morgan fingerprint density at radius 2 is 1.56 bits per heavy atom. The molecule has 0 radical (unpaired) electrons. The van der Waals surface area contributed by atoms with Gasteiger partial charge >= 0.3 is 11.9 Å². The van der Waals surface area contributed by atoms with Crippen molar-refractivity contribution < 1.29 is 58.9 Å². The lowest BCUT2D eigenvalue weighted by molar-refractivity contribution is -0.343. The van der Waals surface area contributed by atoms with E-state index in [1.165, 1.54) is 37.3 Å². The number of benzene rings is 2. The number of hydrogen-bond acceptors (Lipinski definition) is 13. The van der Waals surface area contributed by atoms with E-state index in [4.69, 9.17) is 14.2 Å². The van der Waals surface area contributed by atoms with Crippen LogP contribution in [0.4, 0.5) is 0 Å². The highest BCUT2D eigenvalue weighted by atomic mass is 32.1. The highest BCUT2D eigenvalue weighted by Gasteiger charge is 2.76. The molecular weight excluding hydrogens is 731 g/mol. The number of thiophene rings is 1. The number of carbonyl (C=O) groups is 4. The van der Waals surface area contributed by atoms with Gasteiger partial charge in [-0.1, -0.05) is 56.3 Å². The minimum absolute atomic E-state index is 0.0302. The Hall–Kier alpha value is -4.28. The first-order valence-electron chi connectivity index (χ1n) is 18.2. The molecule has 6 N–H and O–H groups in total. The Morgan fingerprint density at radius 1 is 0.927 bits per heavy atom. The highest BCUT2D eigenvalue weighted by Crippen LogP contribution is 2.63. The van der Waals surface area contributed by atoms with E-state index in [0.717, 1.165) is 0 Å². The molecule has 1 saturated heterocycles. The van der Waals surface area contributed by atoms with E-state index in [1.807, 2.05) is 0 Å². The number of esters is 2. The standard InChI is InChI=1S/C41H45NO12S/c1-21-24(53-37(49)31(45)29(25-16-11-17-55-25)42-35(47)22-12-7-5-8-13-22)19-41(51)34(54-36(48)23-14-9-6-10-15-23)32-39(4,26(43)18-27-40(32,50)20-52-27)33(46)30(44)28(21)38(41,2)3/h5-17,24,26-27,29-32,34,43-45,50-51H,18-20H2,1-4H3,(H,42,47)/t24?,26?,27?,29?,30?,31?,32?,34?,39-,40+,41?/m1/s1. The summed E-state index contributed by atoms with van der Waals surface area (Å²) in [6.45, 7) is 5.73. The monoisotopic (exact) mass is 775 g/mol. The molecule has 7 rings (SSSR count). The molecule has 1 amide bonds. The zero-order valence-electron chi connectivity index (χ0n) is 30.7. The molecule has 0 spiro atoms. The number of fused-ring (bicyclic) bond motifs is 5. The third kappa shape index (κ3) is 6.06. The van der Waals surface area contributed by atoms with Gasteiger partial charge in [0.1, 0.15) is 35.6 Å². The molecule has 3 aromatic rings. The Morgan fingerprint density at radius 3 is 2.15 bits per heavy atom. The summed E-state index contributed by atoms with van der Waals surface area (Å²) in [5, 5.41) is 65.1. The summed E-state index contributed by atoms with van der Waals surface area (Å²) in [7, 11) is 0. The van der Waals surface area contributed by atoms with Crippen molar-refractivity contribution in [2.45, 2.75) is 94.4 Å². The normalized spacial score (nSPS) is 34.7. The zero-order valence-corrected chi connectivity index (χ0v) is 31.6. The van der Waals surface area contributed by atoms with Gasteiger partial charge in [0.05, 0.1) is 29.8 Å². The van der Waals surface area contributed by atoms with Crippen molar-refractivity contribution in [2.24, 2.45) is 16.7 Å². The molecule has 292 valence electrons. The average molecular weight is 776 g/mol. The van der Waals surface area contributed by atoms with Crippen molar-refractivity contribution in [1.82, 2.24) is 5.32 Å². The van der Waals surface area contributed by atoms with Gasteiger partial charge in [-0.2, -0.15) is 0 Å². The summed E-state index contributed by atoms with van der Waals surface area (Å²) < 4.78 is 17.8. The number of Topliss-reactive ketones (excluding diaryl/α,β-unsaturated/α-hetero) is 1. The van der Waals surface area contributed by atoms with Crippen molar-refractivity contribution in [1.29, 1.82) is 0 Å². The average Bonchev–Trinajstić information content (AvgIpc) is 3.71. The molecule has 2 saturated carbocycles. The van der Waals surface area contributed by atoms with Crippen LogP contribution in [0.25, 0.3) is 0 Å². The van der Waals surface area contributed by atoms with Gasteiger partial charge in [-0.05, 0) is 60.7 Å². The Balaban J connectivity index is 1.31. The van der Waals surface area contributed by atoms with Gasteiger partial charge in [-0.25, -0.2) is 9.59 Å². The first kappa shape index (κ1) is 39.0. The summed E-state index contributed by atoms with van der Waals surface area (Å²) in [6.07, 6.45) is -10.2. The summed E-state index contributed by atoms with van der Waals surface area (Å²) >= 11 is 1.19. The molecule has 9 unspecified atom stereocenters. The van der Waals surface area contributed by atoms with E-state index in [2.05, 4.69) is 5.32 Å². The summed E-state index contributed by atoms with van der Waals surface area (Å²) in [4.78, 5) is 56.3. The maximum absolute atomic E-state index is 14.7. The van der Waals surface area contributed by atoms with Crippen molar-refractivity contribution in [3.63, 3.8) is 0 Å². The van der Waals surface area contributed by atoms with E-state index < -0.39 is 101 Å². The molecule has 2 heterocycles. The molecule has 3 aliphatic carbocycles. The third-order valence-electron chi connectivity index (χ3n) is 12.6. The van der Waals surface area contributed by atoms with Gasteiger partial charge in [0.25, 0.3) is 5.91 Å². The quantitative estimate of drug-likeness (QED) is 0.144. The fourth-order valence-corrected chi connectivity index (χ4v) is 10.1. The molecule has 11 atom stereocenters. The van der Waals surface area contributed by atoms with Crippen LogP contribution < -0.4 is 5.32 Å². The van der Waals surface area contributed by atoms with Crippen molar-refractivity contribution in [2.75, 3.05) is 6.61 Å². The van der Waals surface area contributed by atoms with E-state index in [0.29, 0.717) is 4.88 Å². The minimum atomic E-state index is -2.29. The largest absolute Gasteiger partial charge is 0.456 e. The summed E-state index contributed by atoms with van der Waals surface area (Å²) in [5.74, 6) is -5.03. The fraction of sp³-hybridized carbons (Fsp3) is 0.463. The molecule has 1 aromatic heterocycles. The maximum Gasteiger partial charge on any atom is 0.338 e. The summed E-state index contributed by atoms with van der Waals surface area (Å²) in [6, 6.07) is 18.2. The highest BCUT2D eigenvalue weighted by molar-refractivity contribution is 7.10. The second kappa shape index (κ2) is 14.0. The van der Waals surface area contributed by atoms with Crippen LogP contribution in [-0.4, -0.2) is 104 Å². The second-order valence-corrected chi connectivity index (χ2v) is 16.8. The molecule has 1 aliphatic heterocycles. The number of carbonyl (C=O) groups excluding carboxylic acids is 4. The van der Waals surface area contributed by atoms with Crippen LogP contribution in [0.1, 0.15) is 72.2 Å². The fourth-order valence-electron chi connectivity index (χ4n) is 9.31. The molecule has 4 aliphatic rings. The van der Waals surface area contributed by atoms with Crippen LogP contribution >= 0.6 is 11.3 Å². The van der Waals surface area contributed by atoms with Gasteiger partial charge < -0.3 is 45.1 Å². The van der Waals surface area contributed by atoms with E-state index in [9.17, 15) is 44.7 Å². The van der Waals surface area contributed by atoms with Crippen molar-refractivity contribution in [3.8, 4) is 0 Å². The zero-order chi connectivity index (χ0) is 39.7. The van der Waals surface area contributed by atoms with E-state index >= 15 is 0 Å². The number of aliphatic hydroxyl groups excluding tert-OH is 3. The number of amides is 1. The second-order valence-electron chi connectivity index (χ2n) is 15.8. The summed E-state index contributed by atoms with van der Waals surface area (Å²) in [5.41, 5.74) is -7.17. The predicted octanol–water partition coefficient (Wildman–Crippen LogP) is 2.66. The van der Waals surface area contributed by atoms with Gasteiger partial charge in [0, 0.05) is 34.6 Å². The van der Waals surface area contributed by atoms with Crippen LogP contribution in [-0.2, 0) is 23.8 Å². The number of rotatable bonds is 8. The van der Waals surface area contributed by atoms with Crippen molar-refractivity contribution >= 4 is 35.0 Å². The Labute approximate surface area is 321 Å². The SMILES string of the molecule is CC1=C2C(O)C(=O)[C@]3(C)C(O)CC4OC[C@@]4(O)C3C(OC(=O)c3ccccc3)C(O)(CC1OC(=O)C(O)C(NC(=O)c1ccccc1)c1cccs1)C2(C)C. The van der Waals surface area contributed by atoms with Gasteiger partial charge in [-0.15, -0.1) is 11.3 Å². The van der Waals surface area contributed by atoms with E-state index in [1.54, 1.807) is 79.9 Å². The van der Waals surface area contributed by atoms with Gasteiger partial charge in [0.15, 0.2) is 11.9 Å². The van der Waals surface area contributed by atoms with Gasteiger partial charge in [-0.3, -0.25) is 9.59 Å². The number of hydrogen-bond donors (Lipinski definition) is 6. The lowest BCUT2D eigenvalue weighted by Crippen LogP contribution is -2.81. The topological polar surface area (TPSA) is 209 Å². The minimum Gasteiger partial charge on any atom is -0.456 e. The molecule has 14 heteroatoms. The number of ether oxygens (including phenoxy) is 3.